The number of rotatable bonds is 6. The third kappa shape index (κ3) is 7.18. The average Bonchev–Trinajstić information content (AvgIpc) is 2.41. The number of hydrogen-bond donors (Lipinski definition) is 1. The predicted octanol–water partition coefficient (Wildman–Crippen LogP) is 4.39. The second-order valence-electron chi connectivity index (χ2n) is 6.60. The Bertz CT molecular complexity index is 532. The Morgan fingerprint density at radius 2 is 2.09 bits per heavy atom. The number of hydrogen-bond acceptors (Lipinski definition) is 3. The van der Waals surface area contributed by atoms with Crippen LogP contribution in [0.15, 0.2) is 18.2 Å². The summed E-state index contributed by atoms with van der Waals surface area (Å²) < 4.78 is 18.3. The molecule has 0 saturated heterocycles. The molecule has 0 fully saturated rings. The van der Waals surface area contributed by atoms with Gasteiger partial charge in [-0.1, -0.05) is 17.7 Å². The largest absolute Gasteiger partial charge is 0.444 e. The molecule has 6 heteroatoms. The van der Waals surface area contributed by atoms with Gasteiger partial charge < -0.3 is 15.0 Å². The molecule has 0 radical (unpaired) electrons. The maximum atomic E-state index is 13.0. The summed E-state index contributed by atoms with van der Waals surface area (Å²) >= 11 is 6.04. The van der Waals surface area contributed by atoms with Crippen LogP contribution >= 0.6 is 11.6 Å². The van der Waals surface area contributed by atoms with Gasteiger partial charge >= 0.3 is 6.09 Å². The lowest BCUT2D eigenvalue weighted by atomic mass is 10.1. The Balaban J connectivity index is 2.35. The summed E-state index contributed by atoms with van der Waals surface area (Å²) in [6.45, 7) is 8.79. The Kier molecular flexibility index (Phi) is 7.29. The molecule has 1 rings (SSSR count). The SMILES string of the molecule is CC(NCCCN(C)C(=O)OC(C)(C)C)c1ccc(F)cc1Cl. The zero-order valence-corrected chi connectivity index (χ0v) is 15.2. The van der Waals surface area contributed by atoms with E-state index in [4.69, 9.17) is 16.3 Å². The van der Waals surface area contributed by atoms with Crippen molar-refractivity contribution in [1.82, 2.24) is 10.2 Å². The number of halogens is 2. The van der Waals surface area contributed by atoms with Crippen molar-refractivity contribution in [2.75, 3.05) is 20.1 Å². The number of nitrogens with zero attached hydrogens (tertiary/aromatic N) is 1. The number of ether oxygens (including phenoxy) is 1. The van der Waals surface area contributed by atoms with E-state index in [1.807, 2.05) is 27.7 Å². The molecule has 0 aliphatic rings. The Morgan fingerprint density at radius 1 is 1.43 bits per heavy atom. The summed E-state index contributed by atoms with van der Waals surface area (Å²) in [6, 6.07) is 4.40. The summed E-state index contributed by atoms with van der Waals surface area (Å²) in [7, 11) is 1.72. The minimum Gasteiger partial charge on any atom is -0.444 e. The zero-order chi connectivity index (χ0) is 17.6. The van der Waals surface area contributed by atoms with E-state index < -0.39 is 5.60 Å². The first-order chi connectivity index (χ1) is 10.6. The summed E-state index contributed by atoms with van der Waals surface area (Å²) in [5, 5.41) is 3.73. The van der Waals surface area contributed by atoms with Crippen LogP contribution in [0.3, 0.4) is 0 Å². The van der Waals surface area contributed by atoms with Crippen LogP contribution in [-0.4, -0.2) is 36.7 Å². The van der Waals surface area contributed by atoms with Crippen molar-refractivity contribution >= 4 is 17.7 Å². The first-order valence-corrected chi connectivity index (χ1v) is 8.10. The van der Waals surface area contributed by atoms with Gasteiger partial charge in [0.1, 0.15) is 11.4 Å². The molecule has 0 spiro atoms. The lowest BCUT2D eigenvalue weighted by Crippen LogP contribution is -2.35. The van der Waals surface area contributed by atoms with Gasteiger partial charge in [0.2, 0.25) is 0 Å². The molecule has 0 aromatic heterocycles. The van der Waals surface area contributed by atoms with Crippen molar-refractivity contribution in [1.29, 1.82) is 0 Å². The van der Waals surface area contributed by atoms with E-state index in [0.29, 0.717) is 18.1 Å². The van der Waals surface area contributed by atoms with Gasteiger partial charge in [0, 0.05) is 24.7 Å². The molecule has 23 heavy (non-hydrogen) atoms. The predicted molar refractivity (Wildman–Crippen MR) is 91.3 cm³/mol. The Labute approximate surface area is 142 Å². The summed E-state index contributed by atoms with van der Waals surface area (Å²) in [6.07, 6.45) is 0.450. The fourth-order valence-corrected chi connectivity index (χ4v) is 2.36. The smallest absolute Gasteiger partial charge is 0.410 e. The molecule has 1 N–H and O–H groups in total. The highest BCUT2D eigenvalue weighted by molar-refractivity contribution is 6.31. The van der Waals surface area contributed by atoms with E-state index in [1.54, 1.807) is 18.0 Å². The number of carbonyl (C=O) groups excluding carboxylic acids is 1. The maximum Gasteiger partial charge on any atom is 0.410 e. The lowest BCUT2D eigenvalue weighted by Gasteiger charge is -2.25. The molecule has 4 nitrogen and oxygen atoms in total. The van der Waals surface area contributed by atoms with Crippen LogP contribution < -0.4 is 5.32 Å². The highest BCUT2D eigenvalue weighted by Crippen LogP contribution is 2.23. The zero-order valence-electron chi connectivity index (χ0n) is 14.5. The summed E-state index contributed by atoms with van der Waals surface area (Å²) in [5.41, 5.74) is 0.367. The second-order valence-corrected chi connectivity index (χ2v) is 7.00. The molecule has 130 valence electrons. The second kappa shape index (κ2) is 8.50. The van der Waals surface area contributed by atoms with Gasteiger partial charge in [0.05, 0.1) is 0 Å². The fraction of sp³-hybridized carbons (Fsp3) is 0.588. The van der Waals surface area contributed by atoms with E-state index in [0.717, 1.165) is 12.0 Å². The Hall–Kier alpha value is -1.33. The van der Waals surface area contributed by atoms with E-state index in [-0.39, 0.29) is 18.0 Å². The van der Waals surface area contributed by atoms with Crippen LogP contribution in [0.1, 0.15) is 45.7 Å². The van der Waals surface area contributed by atoms with Gasteiger partial charge in [-0.25, -0.2) is 9.18 Å². The number of carbonyl (C=O) groups is 1. The van der Waals surface area contributed by atoms with Crippen LogP contribution in [0.4, 0.5) is 9.18 Å². The monoisotopic (exact) mass is 344 g/mol. The molecule has 1 amide bonds. The Morgan fingerprint density at radius 3 is 2.65 bits per heavy atom. The van der Waals surface area contributed by atoms with Gasteiger partial charge in [0.15, 0.2) is 0 Å². The highest BCUT2D eigenvalue weighted by Gasteiger charge is 2.19. The van der Waals surface area contributed by atoms with Crippen molar-refractivity contribution < 1.29 is 13.9 Å². The van der Waals surface area contributed by atoms with Gasteiger partial charge in [0.25, 0.3) is 0 Å². The van der Waals surface area contributed by atoms with Crippen molar-refractivity contribution in [3.8, 4) is 0 Å². The molecule has 0 aliphatic heterocycles. The number of nitrogens with one attached hydrogen (secondary N) is 1. The van der Waals surface area contributed by atoms with Crippen molar-refractivity contribution in [2.45, 2.75) is 45.8 Å². The van der Waals surface area contributed by atoms with Crippen LogP contribution in [0.2, 0.25) is 5.02 Å². The van der Waals surface area contributed by atoms with Crippen LogP contribution in [0.5, 0.6) is 0 Å². The molecular formula is C17H26ClFN2O2. The molecule has 1 unspecified atom stereocenters. The van der Waals surface area contributed by atoms with Gasteiger partial charge in [-0.2, -0.15) is 0 Å². The van der Waals surface area contributed by atoms with E-state index in [1.165, 1.54) is 12.1 Å². The molecular weight excluding hydrogens is 319 g/mol. The summed E-state index contributed by atoms with van der Waals surface area (Å²) in [4.78, 5) is 13.4. The molecule has 1 aromatic carbocycles. The van der Waals surface area contributed by atoms with Crippen molar-refractivity contribution in [2.24, 2.45) is 0 Å². The van der Waals surface area contributed by atoms with E-state index >= 15 is 0 Å². The van der Waals surface area contributed by atoms with Crippen molar-refractivity contribution in [3.63, 3.8) is 0 Å². The lowest BCUT2D eigenvalue weighted by molar-refractivity contribution is 0.0297. The molecule has 0 heterocycles. The average molecular weight is 345 g/mol. The van der Waals surface area contributed by atoms with Gasteiger partial charge in [-0.15, -0.1) is 0 Å². The van der Waals surface area contributed by atoms with Gasteiger partial charge in [-0.05, 0) is 58.4 Å². The van der Waals surface area contributed by atoms with Crippen molar-refractivity contribution in [3.05, 3.63) is 34.6 Å². The third-order valence-corrected chi connectivity index (χ3v) is 3.58. The van der Waals surface area contributed by atoms with E-state index in [9.17, 15) is 9.18 Å². The number of benzene rings is 1. The molecule has 0 bridgehead atoms. The molecule has 1 atom stereocenters. The minimum absolute atomic E-state index is 0.00920. The topological polar surface area (TPSA) is 41.6 Å². The first-order valence-electron chi connectivity index (χ1n) is 7.72. The molecule has 0 saturated carbocycles. The van der Waals surface area contributed by atoms with Crippen LogP contribution in [0.25, 0.3) is 0 Å². The third-order valence-electron chi connectivity index (χ3n) is 3.25. The van der Waals surface area contributed by atoms with E-state index in [2.05, 4.69) is 5.32 Å². The van der Waals surface area contributed by atoms with Gasteiger partial charge in [-0.3, -0.25) is 0 Å². The molecule has 1 aromatic rings. The first kappa shape index (κ1) is 19.7. The normalized spacial score (nSPS) is 12.8. The quantitative estimate of drug-likeness (QED) is 0.778. The number of amides is 1. The molecule has 0 aliphatic carbocycles. The minimum atomic E-state index is -0.489. The fourth-order valence-electron chi connectivity index (χ4n) is 2.03. The maximum absolute atomic E-state index is 13.0. The van der Waals surface area contributed by atoms with Crippen LogP contribution in [-0.2, 0) is 4.74 Å². The highest BCUT2D eigenvalue weighted by atomic mass is 35.5. The standard InChI is InChI=1S/C17H26ClFN2O2/c1-12(14-8-7-13(19)11-15(14)18)20-9-6-10-21(5)16(22)23-17(2,3)4/h7-8,11-12,20H,6,9-10H2,1-5H3. The summed E-state index contributed by atoms with van der Waals surface area (Å²) in [5.74, 6) is -0.343. The van der Waals surface area contributed by atoms with Crippen LogP contribution in [0, 0.1) is 5.82 Å².